The molecule has 0 fully saturated rings. The summed E-state index contributed by atoms with van der Waals surface area (Å²) < 4.78 is 9.14. The second kappa shape index (κ2) is 11.3. The van der Waals surface area contributed by atoms with Crippen LogP contribution in [0.5, 0.6) is 5.75 Å². The Morgan fingerprint density at radius 1 is 0.795 bits per heavy atom. The van der Waals surface area contributed by atoms with Crippen molar-refractivity contribution in [1.29, 1.82) is 0 Å². The van der Waals surface area contributed by atoms with E-state index in [1.165, 1.54) is 45.1 Å². The molecule has 0 aromatic heterocycles. The van der Waals surface area contributed by atoms with Gasteiger partial charge in [-0.3, -0.25) is 0 Å². The number of allylic oxidation sites excluding steroid dienone is 7. The minimum absolute atomic E-state index is 0.0726. The van der Waals surface area contributed by atoms with Gasteiger partial charge in [-0.1, -0.05) is 56.3 Å². The highest BCUT2D eigenvalue weighted by Gasteiger charge is 2.42. The first-order valence-corrected chi connectivity index (χ1v) is 15.8. The predicted molar refractivity (Wildman–Crippen MR) is 186 cm³/mol. The van der Waals surface area contributed by atoms with E-state index in [4.69, 9.17) is 4.74 Å². The molecule has 2 aliphatic heterocycles. The molecule has 1 aliphatic carbocycles. The minimum atomic E-state index is -0.0726. The van der Waals surface area contributed by atoms with Gasteiger partial charge in [0.25, 0.3) is 0 Å². The molecule has 0 spiro atoms. The summed E-state index contributed by atoms with van der Waals surface area (Å²) in [7, 11) is 8.49. The lowest BCUT2D eigenvalue weighted by atomic mass is 9.81. The minimum Gasteiger partial charge on any atom is -0.457 e. The first-order valence-electron chi connectivity index (χ1n) is 15.8. The highest BCUT2D eigenvalue weighted by Crippen LogP contribution is 2.47. The lowest BCUT2D eigenvalue weighted by molar-refractivity contribution is -0.401. The number of nitrogens with zero attached hydrogens (tertiary/aromatic N) is 3. The van der Waals surface area contributed by atoms with Crippen LogP contribution in [0, 0.1) is 0 Å². The third-order valence-electron chi connectivity index (χ3n) is 9.81. The van der Waals surface area contributed by atoms with Gasteiger partial charge in [-0.2, -0.15) is 4.58 Å². The van der Waals surface area contributed by atoms with Gasteiger partial charge in [-0.25, -0.2) is 0 Å². The van der Waals surface area contributed by atoms with Crippen LogP contribution < -0.4 is 14.5 Å². The average Bonchev–Trinajstić information content (AvgIpc) is 3.33. The lowest BCUT2D eigenvalue weighted by Crippen LogP contribution is -2.26. The van der Waals surface area contributed by atoms with Crippen molar-refractivity contribution < 1.29 is 9.31 Å². The van der Waals surface area contributed by atoms with Gasteiger partial charge in [-0.05, 0) is 92.3 Å². The topological polar surface area (TPSA) is 18.7 Å². The van der Waals surface area contributed by atoms with Gasteiger partial charge in [0.1, 0.15) is 18.6 Å². The summed E-state index contributed by atoms with van der Waals surface area (Å²) in [6, 6.07) is 25.9. The van der Waals surface area contributed by atoms with E-state index in [2.05, 4.69) is 167 Å². The number of anilines is 2. The molecule has 0 unspecified atom stereocenters. The molecule has 4 nitrogen and oxygen atoms in total. The van der Waals surface area contributed by atoms with Gasteiger partial charge in [0.2, 0.25) is 5.69 Å². The molecule has 3 aromatic carbocycles. The molecule has 0 saturated carbocycles. The van der Waals surface area contributed by atoms with Crippen LogP contribution in [0.3, 0.4) is 0 Å². The second-order valence-electron chi connectivity index (χ2n) is 13.6. The van der Waals surface area contributed by atoms with E-state index in [1.807, 2.05) is 0 Å². The maximum atomic E-state index is 6.80. The van der Waals surface area contributed by atoms with Gasteiger partial charge in [0.05, 0.1) is 5.41 Å². The number of para-hydroxylation sites is 2. The quantitative estimate of drug-likeness (QED) is 0.269. The molecule has 0 N–H and O–H groups in total. The lowest BCUT2D eigenvalue weighted by Gasteiger charge is -2.25. The number of ether oxygens (including phenoxy) is 1. The zero-order valence-corrected chi connectivity index (χ0v) is 27.6. The molecular weight excluding hydrogens is 538 g/mol. The summed E-state index contributed by atoms with van der Waals surface area (Å²) in [5, 5.41) is 0. The molecular formula is C40H46N3O+. The van der Waals surface area contributed by atoms with Crippen molar-refractivity contribution in [3.63, 3.8) is 0 Å². The smallest absolute Gasteiger partial charge is 0.209 e. The molecule has 0 bridgehead atoms. The fraction of sp³-hybridized carbons (Fsp3) is 0.325. The van der Waals surface area contributed by atoms with Gasteiger partial charge in [0, 0.05) is 61.3 Å². The van der Waals surface area contributed by atoms with Crippen molar-refractivity contribution in [3.8, 4) is 5.75 Å². The van der Waals surface area contributed by atoms with Crippen molar-refractivity contribution in [3.05, 3.63) is 131 Å². The van der Waals surface area contributed by atoms with Crippen LogP contribution in [0.4, 0.5) is 17.1 Å². The normalized spacial score (nSPS) is 20.6. The Morgan fingerprint density at radius 3 is 2.16 bits per heavy atom. The van der Waals surface area contributed by atoms with E-state index >= 15 is 0 Å². The van der Waals surface area contributed by atoms with Crippen molar-refractivity contribution in [1.82, 2.24) is 0 Å². The summed E-state index contributed by atoms with van der Waals surface area (Å²) in [6.07, 6.45) is 12.3. The van der Waals surface area contributed by atoms with Crippen LogP contribution in [-0.2, 0) is 10.8 Å². The van der Waals surface area contributed by atoms with Gasteiger partial charge < -0.3 is 14.5 Å². The maximum absolute atomic E-state index is 6.80. The molecule has 4 heteroatoms. The predicted octanol–water partition coefficient (Wildman–Crippen LogP) is 9.07. The average molecular weight is 585 g/mol. The summed E-state index contributed by atoms with van der Waals surface area (Å²) >= 11 is 0. The Morgan fingerprint density at radius 2 is 1.48 bits per heavy atom. The maximum Gasteiger partial charge on any atom is 0.209 e. The van der Waals surface area contributed by atoms with E-state index in [9.17, 15) is 0 Å². The molecule has 0 atom stereocenters. The van der Waals surface area contributed by atoms with E-state index in [0.29, 0.717) is 0 Å². The summed E-state index contributed by atoms with van der Waals surface area (Å²) in [5.41, 5.74) is 11.4. The number of rotatable bonds is 6. The monoisotopic (exact) mass is 584 g/mol. The Labute approximate surface area is 264 Å². The van der Waals surface area contributed by atoms with Gasteiger partial charge >= 0.3 is 0 Å². The van der Waals surface area contributed by atoms with Crippen molar-refractivity contribution in [2.75, 3.05) is 38.0 Å². The SMILES string of the molecule is CN(C)c1ccc(OC2=C(C=CC3=[N+](C)c4ccccc4C3(C)C)CCCC2=CC=C2N(C)c3ccccc3C2(C)C)cc1. The van der Waals surface area contributed by atoms with Crippen LogP contribution in [0.2, 0.25) is 0 Å². The van der Waals surface area contributed by atoms with Crippen LogP contribution in [0.15, 0.2) is 120 Å². The van der Waals surface area contributed by atoms with Crippen molar-refractivity contribution in [2.24, 2.45) is 0 Å². The highest BCUT2D eigenvalue weighted by atomic mass is 16.5. The van der Waals surface area contributed by atoms with Crippen LogP contribution in [0.1, 0.15) is 58.1 Å². The molecule has 3 aromatic rings. The molecule has 2 heterocycles. The summed E-state index contributed by atoms with van der Waals surface area (Å²) in [6.45, 7) is 9.29. The molecule has 226 valence electrons. The van der Waals surface area contributed by atoms with Crippen LogP contribution in [0.25, 0.3) is 0 Å². The number of hydrogen-bond acceptors (Lipinski definition) is 3. The second-order valence-corrected chi connectivity index (χ2v) is 13.6. The Hall–Kier alpha value is -4.31. The van der Waals surface area contributed by atoms with Gasteiger partial charge in [0.15, 0.2) is 5.71 Å². The van der Waals surface area contributed by atoms with Crippen molar-refractivity contribution >= 4 is 22.8 Å². The van der Waals surface area contributed by atoms with Crippen molar-refractivity contribution in [2.45, 2.75) is 57.8 Å². The summed E-state index contributed by atoms with van der Waals surface area (Å²) in [4.78, 5) is 4.45. The first kappa shape index (κ1) is 29.7. The number of hydrogen-bond donors (Lipinski definition) is 0. The number of benzene rings is 3. The molecule has 44 heavy (non-hydrogen) atoms. The molecule has 6 rings (SSSR count). The molecule has 0 radical (unpaired) electrons. The summed E-state index contributed by atoms with van der Waals surface area (Å²) in [5.74, 6) is 1.84. The first-order chi connectivity index (χ1) is 21.0. The van der Waals surface area contributed by atoms with Crippen LogP contribution >= 0.6 is 0 Å². The fourth-order valence-electron chi connectivity index (χ4n) is 7.24. The highest BCUT2D eigenvalue weighted by molar-refractivity contribution is 6.03. The Bertz CT molecular complexity index is 1750. The third-order valence-corrected chi connectivity index (χ3v) is 9.81. The molecule has 0 amide bonds. The fourth-order valence-corrected chi connectivity index (χ4v) is 7.24. The Kier molecular flexibility index (Phi) is 7.65. The number of likely N-dealkylation sites (N-methyl/N-ethyl adjacent to an activating group) is 1. The third kappa shape index (κ3) is 5.11. The van der Waals surface area contributed by atoms with E-state index in [1.54, 1.807) is 0 Å². The van der Waals surface area contributed by atoms with Crippen LogP contribution in [-0.4, -0.2) is 38.5 Å². The zero-order chi connectivity index (χ0) is 31.2. The van der Waals surface area contributed by atoms with Gasteiger partial charge in [-0.15, -0.1) is 0 Å². The zero-order valence-electron chi connectivity index (χ0n) is 27.6. The van der Waals surface area contributed by atoms with E-state index in [0.717, 1.165) is 36.5 Å². The van der Waals surface area contributed by atoms with E-state index in [-0.39, 0.29) is 10.8 Å². The van der Waals surface area contributed by atoms with E-state index < -0.39 is 0 Å². The largest absolute Gasteiger partial charge is 0.457 e. The molecule has 3 aliphatic rings. The molecule has 0 saturated heterocycles. The number of fused-ring (bicyclic) bond motifs is 2. The standard InChI is InChI=1S/C40H46N3O/c1-39(2)32-16-9-11-18-34(32)42(7)36(39)26-20-28-14-13-15-29(38(28)44-31-24-22-30(23-25-31)41(5)6)21-27-37-40(3,4)33-17-10-12-19-35(33)43(37)8/h9-12,16-27H,13-15H2,1-8H3/q+1. The Balaban J connectivity index is 1.41.